The minimum Gasteiger partial charge on any atom is -0.312 e. The summed E-state index contributed by atoms with van der Waals surface area (Å²) in [5.41, 5.74) is 2.87. The molecule has 0 aliphatic carbocycles. The second-order valence-corrected chi connectivity index (χ2v) is 4.52. The van der Waals surface area contributed by atoms with E-state index in [1.165, 1.54) is 17.7 Å². The Labute approximate surface area is 92.3 Å². The van der Waals surface area contributed by atoms with Crippen molar-refractivity contribution < 1.29 is 0 Å². The van der Waals surface area contributed by atoms with Gasteiger partial charge in [0.1, 0.15) is 0 Å². The van der Waals surface area contributed by atoms with E-state index in [1.54, 1.807) is 0 Å². The Morgan fingerprint density at radius 2 is 2.20 bits per heavy atom. The Morgan fingerprint density at radius 3 is 2.93 bits per heavy atom. The van der Waals surface area contributed by atoms with Gasteiger partial charge in [-0.15, -0.1) is 0 Å². The molecule has 1 aliphatic heterocycles. The summed E-state index contributed by atoms with van der Waals surface area (Å²) in [6, 6.07) is 9.30. The maximum atomic E-state index is 3.47. The number of hydrogen-bond acceptors (Lipinski definition) is 2. The van der Waals surface area contributed by atoms with Crippen molar-refractivity contribution in [3.05, 3.63) is 35.4 Å². The van der Waals surface area contributed by atoms with Gasteiger partial charge in [0, 0.05) is 32.2 Å². The molecule has 0 saturated carbocycles. The van der Waals surface area contributed by atoms with Gasteiger partial charge in [-0.3, -0.25) is 4.90 Å². The summed E-state index contributed by atoms with van der Waals surface area (Å²) in [5, 5.41) is 3.47. The lowest BCUT2D eigenvalue weighted by molar-refractivity contribution is 0.199. The number of piperazine rings is 1. The number of benzene rings is 1. The molecule has 82 valence electrons. The van der Waals surface area contributed by atoms with Crippen LogP contribution in [-0.4, -0.2) is 30.6 Å². The lowest BCUT2D eigenvalue weighted by Crippen LogP contribution is -2.48. The predicted octanol–water partition coefficient (Wildman–Crippen LogP) is 1.79. The van der Waals surface area contributed by atoms with E-state index in [4.69, 9.17) is 0 Å². The zero-order valence-corrected chi connectivity index (χ0v) is 9.66. The van der Waals surface area contributed by atoms with E-state index in [9.17, 15) is 0 Å². The summed E-state index contributed by atoms with van der Waals surface area (Å²) >= 11 is 0. The molecule has 0 radical (unpaired) electrons. The molecule has 1 heterocycles. The van der Waals surface area contributed by atoms with Crippen molar-refractivity contribution in [2.45, 2.75) is 26.4 Å². The fourth-order valence-electron chi connectivity index (χ4n) is 2.18. The van der Waals surface area contributed by atoms with Crippen LogP contribution in [0.1, 0.15) is 18.1 Å². The molecule has 0 amide bonds. The molecule has 1 aromatic carbocycles. The van der Waals surface area contributed by atoms with Crippen LogP contribution in [0.4, 0.5) is 0 Å². The minimum atomic E-state index is 0.628. The average Bonchev–Trinajstić information content (AvgIpc) is 2.22. The van der Waals surface area contributed by atoms with Crippen LogP contribution in [0.25, 0.3) is 0 Å². The van der Waals surface area contributed by atoms with Crippen molar-refractivity contribution in [2.24, 2.45) is 0 Å². The van der Waals surface area contributed by atoms with Gasteiger partial charge in [0.2, 0.25) is 0 Å². The first-order chi connectivity index (χ1) is 7.25. The predicted molar refractivity (Wildman–Crippen MR) is 63.9 cm³/mol. The van der Waals surface area contributed by atoms with Crippen molar-refractivity contribution in [2.75, 3.05) is 19.6 Å². The van der Waals surface area contributed by atoms with Gasteiger partial charge in [0.05, 0.1) is 0 Å². The van der Waals surface area contributed by atoms with Gasteiger partial charge in [-0.25, -0.2) is 0 Å². The van der Waals surface area contributed by atoms with Crippen LogP contribution < -0.4 is 5.32 Å². The standard InChI is InChI=1S/C13H20N2/c1-11-5-3-4-6-13(11)10-15-8-7-14-12(2)9-15/h3-6,12,14H,7-10H2,1-2H3/t12-/m0/s1. The Morgan fingerprint density at radius 1 is 1.40 bits per heavy atom. The highest BCUT2D eigenvalue weighted by Crippen LogP contribution is 2.11. The van der Waals surface area contributed by atoms with E-state index >= 15 is 0 Å². The van der Waals surface area contributed by atoms with E-state index in [0.717, 1.165) is 19.6 Å². The molecule has 2 nitrogen and oxygen atoms in total. The minimum absolute atomic E-state index is 0.628. The number of rotatable bonds is 2. The van der Waals surface area contributed by atoms with Crippen LogP contribution in [0.5, 0.6) is 0 Å². The van der Waals surface area contributed by atoms with Crippen LogP contribution >= 0.6 is 0 Å². The Balaban J connectivity index is 1.99. The number of nitrogens with zero attached hydrogens (tertiary/aromatic N) is 1. The van der Waals surface area contributed by atoms with Crippen molar-refractivity contribution in [1.82, 2.24) is 10.2 Å². The average molecular weight is 204 g/mol. The quantitative estimate of drug-likeness (QED) is 0.790. The molecule has 0 aromatic heterocycles. The fraction of sp³-hybridized carbons (Fsp3) is 0.538. The summed E-state index contributed by atoms with van der Waals surface area (Å²) in [7, 11) is 0. The second-order valence-electron chi connectivity index (χ2n) is 4.52. The first kappa shape index (κ1) is 10.7. The molecule has 2 heteroatoms. The highest BCUT2D eigenvalue weighted by molar-refractivity contribution is 5.25. The summed E-state index contributed by atoms with van der Waals surface area (Å²) in [4.78, 5) is 2.53. The molecular weight excluding hydrogens is 184 g/mol. The Bertz CT molecular complexity index is 322. The lowest BCUT2D eigenvalue weighted by atomic mass is 10.1. The first-order valence-electron chi connectivity index (χ1n) is 5.76. The third-order valence-electron chi connectivity index (χ3n) is 3.11. The van der Waals surface area contributed by atoms with Crippen molar-refractivity contribution in [1.29, 1.82) is 0 Å². The smallest absolute Gasteiger partial charge is 0.0237 e. The number of aryl methyl sites for hydroxylation is 1. The topological polar surface area (TPSA) is 15.3 Å². The van der Waals surface area contributed by atoms with Crippen LogP contribution in [0.2, 0.25) is 0 Å². The van der Waals surface area contributed by atoms with Crippen molar-refractivity contribution in [3.63, 3.8) is 0 Å². The highest BCUT2D eigenvalue weighted by Gasteiger charge is 2.15. The van der Waals surface area contributed by atoms with Crippen LogP contribution in [-0.2, 0) is 6.54 Å². The van der Waals surface area contributed by atoms with Crippen molar-refractivity contribution in [3.8, 4) is 0 Å². The third-order valence-corrected chi connectivity index (χ3v) is 3.11. The van der Waals surface area contributed by atoms with Gasteiger partial charge in [-0.1, -0.05) is 24.3 Å². The van der Waals surface area contributed by atoms with Gasteiger partial charge in [-0.2, -0.15) is 0 Å². The second kappa shape index (κ2) is 4.77. The molecule has 1 N–H and O–H groups in total. The normalized spacial score (nSPS) is 22.9. The Hall–Kier alpha value is -0.860. The molecular formula is C13H20N2. The van der Waals surface area contributed by atoms with E-state index in [-0.39, 0.29) is 0 Å². The molecule has 0 spiro atoms. The highest BCUT2D eigenvalue weighted by atomic mass is 15.2. The molecule has 15 heavy (non-hydrogen) atoms. The van der Waals surface area contributed by atoms with Gasteiger partial charge in [-0.05, 0) is 25.0 Å². The third kappa shape index (κ3) is 2.80. The van der Waals surface area contributed by atoms with Gasteiger partial charge >= 0.3 is 0 Å². The number of nitrogens with one attached hydrogen (secondary N) is 1. The monoisotopic (exact) mass is 204 g/mol. The molecule has 1 aromatic rings. The number of hydrogen-bond donors (Lipinski definition) is 1. The molecule has 0 bridgehead atoms. The van der Waals surface area contributed by atoms with Crippen LogP contribution in [0.15, 0.2) is 24.3 Å². The maximum Gasteiger partial charge on any atom is 0.0237 e. The molecule has 2 rings (SSSR count). The van der Waals surface area contributed by atoms with Gasteiger partial charge in [0.25, 0.3) is 0 Å². The molecule has 1 atom stereocenters. The first-order valence-corrected chi connectivity index (χ1v) is 5.76. The van der Waals surface area contributed by atoms with Crippen LogP contribution in [0, 0.1) is 6.92 Å². The zero-order valence-electron chi connectivity index (χ0n) is 9.66. The lowest BCUT2D eigenvalue weighted by Gasteiger charge is -2.32. The molecule has 0 unspecified atom stereocenters. The van der Waals surface area contributed by atoms with Crippen molar-refractivity contribution >= 4 is 0 Å². The van der Waals surface area contributed by atoms with E-state index in [0.29, 0.717) is 6.04 Å². The SMILES string of the molecule is Cc1ccccc1CN1CCN[C@@H](C)C1. The van der Waals surface area contributed by atoms with Crippen LogP contribution in [0.3, 0.4) is 0 Å². The van der Waals surface area contributed by atoms with Gasteiger partial charge in [0.15, 0.2) is 0 Å². The van der Waals surface area contributed by atoms with E-state index in [2.05, 4.69) is 48.3 Å². The summed E-state index contributed by atoms with van der Waals surface area (Å²) in [5.74, 6) is 0. The Kier molecular flexibility index (Phi) is 3.39. The summed E-state index contributed by atoms with van der Waals surface area (Å²) in [6.07, 6.45) is 0. The summed E-state index contributed by atoms with van der Waals surface area (Å²) < 4.78 is 0. The van der Waals surface area contributed by atoms with E-state index < -0.39 is 0 Å². The summed E-state index contributed by atoms with van der Waals surface area (Å²) in [6.45, 7) is 8.99. The van der Waals surface area contributed by atoms with Gasteiger partial charge < -0.3 is 5.32 Å². The van der Waals surface area contributed by atoms with E-state index in [1.807, 2.05) is 0 Å². The maximum absolute atomic E-state index is 3.47. The largest absolute Gasteiger partial charge is 0.312 e. The zero-order chi connectivity index (χ0) is 10.7. The molecule has 1 saturated heterocycles. The fourth-order valence-corrected chi connectivity index (χ4v) is 2.18. The molecule has 1 aliphatic rings. The molecule has 1 fully saturated rings.